The summed E-state index contributed by atoms with van der Waals surface area (Å²) in [5, 5.41) is 0. The molecule has 2 aliphatic rings. The van der Waals surface area contributed by atoms with Crippen LogP contribution in [-0.2, 0) is 22.2 Å². The third-order valence-corrected chi connectivity index (χ3v) is 7.25. The van der Waals surface area contributed by atoms with Gasteiger partial charge in [-0.1, -0.05) is 49.7 Å². The number of fused-ring (bicyclic) bond motifs is 1. The van der Waals surface area contributed by atoms with E-state index in [4.69, 9.17) is 0 Å². The summed E-state index contributed by atoms with van der Waals surface area (Å²) in [4.78, 5) is 34.0. The van der Waals surface area contributed by atoms with Crippen molar-refractivity contribution in [3.05, 3.63) is 88.8 Å². The van der Waals surface area contributed by atoms with Crippen LogP contribution in [-0.4, -0.2) is 21.5 Å². The first-order valence-corrected chi connectivity index (χ1v) is 12.4. The molecule has 1 radical (unpaired) electrons. The summed E-state index contributed by atoms with van der Waals surface area (Å²) in [5.41, 5.74) is 3.23. The van der Waals surface area contributed by atoms with Gasteiger partial charge < -0.3 is 4.98 Å². The van der Waals surface area contributed by atoms with Crippen LogP contribution >= 0.6 is 0 Å². The van der Waals surface area contributed by atoms with Crippen molar-refractivity contribution in [2.45, 2.75) is 45.7 Å². The monoisotopic (exact) mass is 503 g/mol. The molecule has 2 unspecified atom stereocenters. The second kappa shape index (κ2) is 9.61. The van der Waals surface area contributed by atoms with E-state index in [1.165, 1.54) is 13.0 Å². The van der Waals surface area contributed by atoms with Gasteiger partial charge in [0, 0.05) is 35.2 Å². The van der Waals surface area contributed by atoms with E-state index in [0.29, 0.717) is 58.5 Å². The van der Waals surface area contributed by atoms with E-state index in [0.717, 1.165) is 24.2 Å². The molecular weight excluding hydrogens is 477 g/mol. The van der Waals surface area contributed by atoms with Crippen molar-refractivity contribution in [2.24, 2.45) is 11.8 Å². The Morgan fingerprint density at radius 3 is 2.54 bits per heavy atom. The van der Waals surface area contributed by atoms with Gasteiger partial charge in [-0.05, 0) is 60.6 Å². The lowest BCUT2D eigenvalue weighted by Crippen LogP contribution is -2.32. The zero-order chi connectivity index (χ0) is 26.3. The molecule has 2 atom stereocenters. The number of carbonyl (C=O) groups excluding carboxylic acids is 2. The highest BCUT2D eigenvalue weighted by Gasteiger charge is 2.41. The number of hydrogen-bond acceptors (Lipinski definition) is 3. The van der Waals surface area contributed by atoms with Gasteiger partial charge in [0.05, 0.1) is 11.3 Å². The molecule has 2 aromatic carbocycles. The molecule has 0 amide bonds. The molecule has 1 saturated carbocycles. The van der Waals surface area contributed by atoms with Crippen LogP contribution in [0, 0.1) is 17.9 Å². The van der Waals surface area contributed by atoms with Crippen molar-refractivity contribution < 1.29 is 22.8 Å². The molecule has 0 saturated heterocycles. The number of hydrogen-bond donors (Lipinski definition) is 1. The number of rotatable bonds is 5. The van der Waals surface area contributed by atoms with E-state index in [9.17, 15) is 22.8 Å². The van der Waals surface area contributed by atoms with Gasteiger partial charge in [-0.3, -0.25) is 9.59 Å². The zero-order valence-corrected chi connectivity index (χ0v) is 20.6. The fourth-order valence-electron chi connectivity index (χ4n) is 5.49. The summed E-state index contributed by atoms with van der Waals surface area (Å²) >= 11 is 0. The first-order valence-electron chi connectivity index (χ1n) is 12.4. The van der Waals surface area contributed by atoms with Crippen LogP contribution in [0.15, 0.2) is 60.3 Å². The average molecular weight is 504 g/mol. The Hall–Kier alpha value is -3.74. The van der Waals surface area contributed by atoms with Gasteiger partial charge >= 0.3 is 6.18 Å². The zero-order valence-electron chi connectivity index (χ0n) is 20.6. The minimum absolute atomic E-state index is 0.0925. The number of alkyl halides is 3. The van der Waals surface area contributed by atoms with Gasteiger partial charge in [0.25, 0.3) is 0 Å². The Bertz CT molecular complexity index is 1440. The number of benzene rings is 2. The summed E-state index contributed by atoms with van der Waals surface area (Å²) in [6.07, 6.45) is 2.82. The Morgan fingerprint density at radius 1 is 1.11 bits per heavy atom. The number of nitrogens with one attached hydrogen (secondary N) is 1. The molecule has 3 aromatic rings. The lowest BCUT2D eigenvalue weighted by molar-refractivity contribution is -0.137. The second-order valence-corrected chi connectivity index (χ2v) is 9.56. The molecule has 189 valence electrons. The molecule has 1 aromatic heterocycles. The van der Waals surface area contributed by atoms with E-state index < -0.39 is 23.6 Å². The minimum Gasteiger partial charge on any atom is -0.344 e. The summed E-state index contributed by atoms with van der Waals surface area (Å²) in [7, 11) is 0. The molecule has 7 heteroatoms. The quantitative estimate of drug-likeness (QED) is 0.413. The van der Waals surface area contributed by atoms with Crippen molar-refractivity contribution in [1.29, 1.82) is 0 Å². The van der Waals surface area contributed by atoms with Crippen molar-refractivity contribution >= 4 is 22.7 Å². The summed E-state index contributed by atoms with van der Waals surface area (Å²) in [6.45, 7) is 3.47. The van der Waals surface area contributed by atoms with Gasteiger partial charge in [0.1, 0.15) is 11.6 Å². The normalized spacial score (nSPS) is 20.0. The first-order chi connectivity index (χ1) is 17.7. The van der Waals surface area contributed by atoms with Crippen molar-refractivity contribution in [3.8, 4) is 11.4 Å². The van der Waals surface area contributed by atoms with Gasteiger partial charge in [0.2, 0.25) is 0 Å². The van der Waals surface area contributed by atoms with E-state index in [1.807, 2.05) is 37.4 Å². The lowest BCUT2D eigenvalue weighted by atomic mass is 9.66. The number of imidazole rings is 1. The second-order valence-electron chi connectivity index (χ2n) is 9.56. The van der Waals surface area contributed by atoms with Crippen LogP contribution in [0.5, 0.6) is 0 Å². The molecule has 5 rings (SSSR count). The summed E-state index contributed by atoms with van der Waals surface area (Å²) in [5.74, 6) is -0.845. The van der Waals surface area contributed by atoms with Crippen LogP contribution < -0.4 is 0 Å². The van der Waals surface area contributed by atoms with Crippen molar-refractivity contribution in [3.63, 3.8) is 0 Å². The number of ketones is 2. The Kier molecular flexibility index (Phi) is 6.48. The third-order valence-electron chi connectivity index (χ3n) is 7.25. The molecule has 1 heterocycles. The van der Waals surface area contributed by atoms with Crippen LogP contribution in [0.3, 0.4) is 0 Å². The maximum Gasteiger partial charge on any atom is 0.416 e. The molecule has 4 nitrogen and oxygen atoms in total. The van der Waals surface area contributed by atoms with Crippen molar-refractivity contribution in [1.82, 2.24) is 9.97 Å². The molecule has 37 heavy (non-hydrogen) atoms. The number of aromatic amines is 1. The van der Waals surface area contributed by atoms with E-state index >= 15 is 0 Å². The predicted octanol–water partition coefficient (Wildman–Crippen LogP) is 6.89. The average Bonchev–Trinajstić information content (AvgIpc) is 3.37. The maximum atomic E-state index is 13.7. The van der Waals surface area contributed by atoms with Gasteiger partial charge in [-0.2, -0.15) is 13.2 Å². The highest BCUT2D eigenvalue weighted by molar-refractivity contribution is 6.18. The largest absolute Gasteiger partial charge is 0.416 e. The fourth-order valence-corrected chi connectivity index (χ4v) is 5.49. The standard InChI is InChI=1S/C30H26F3N2O2/c1-3-20-16-34-29(35-20)23-11-5-4-10-22(23)25-15-26(37)24-13-7-12-21(17(2)36)28(24)27(25)18-8-6-9-19(14-18)30(31,32)33/h4-6,8-11,14,16,21,24H,3,7,12-13H2,1-2H3,(H,34,35). The molecule has 2 aliphatic carbocycles. The number of allylic oxidation sites excluding steroid dienone is 4. The SMILES string of the molecule is CCc1c[nH]c(-c2ccccc2C2=[C]C(=O)C3CCCC(C(C)=O)C3=C2c2cccc(C(F)(F)F)c2)n1. The van der Waals surface area contributed by atoms with Crippen LogP contribution in [0.1, 0.15) is 55.5 Å². The number of halogens is 3. The molecule has 0 spiro atoms. The summed E-state index contributed by atoms with van der Waals surface area (Å²) in [6, 6.07) is 12.4. The molecule has 1 N–H and O–H groups in total. The highest BCUT2D eigenvalue weighted by atomic mass is 19.4. The molecule has 0 aliphatic heterocycles. The van der Waals surface area contributed by atoms with Crippen LogP contribution in [0.25, 0.3) is 22.5 Å². The number of aromatic nitrogens is 2. The molecule has 0 bridgehead atoms. The smallest absolute Gasteiger partial charge is 0.344 e. The molecular formula is C30H26F3N2O2. The Balaban J connectivity index is 1.79. The number of Topliss-reactive ketones (excluding diaryl/α,β-unsaturated/α-hetero) is 2. The van der Waals surface area contributed by atoms with Crippen LogP contribution in [0.4, 0.5) is 13.2 Å². The van der Waals surface area contributed by atoms with Gasteiger partial charge in [0.15, 0.2) is 5.78 Å². The minimum atomic E-state index is -4.53. The lowest BCUT2D eigenvalue weighted by Gasteiger charge is -2.36. The topological polar surface area (TPSA) is 62.8 Å². The van der Waals surface area contributed by atoms with E-state index in [1.54, 1.807) is 6.07 Å². The third kappa shape index (κ3) is 4.59. The van der Waals surface area contributed by atoms with Gasteiger partial charge in [-0.15, -0.1) is 0 Å². The first kappa shape index (κ1) is 24.9. The maximum absolute atomic E-state index is 13.7. The van der Waals surface area contributed by atoms with Crippen molar-refractivity contribution in [2.75, 3.05) is 0 Å². The Labute approximate surface area is 213 Å². The summed E-state index contributed by atoms with van der Waals surface area (Å²) < 4.78 is 41.2. The fraction of sp³-hybridized carbons (Fsp3) is 0.300. The number of nitrogens with zero attached hydrogens (tertiary/aromatic N) is 1. The van der Waals surface area contributed by atoms with Gasteiger partial charge in [-0.25, -0.2) is 4.98 Å². The predicted molar refractivity (Wildman–Crippen MR) is 135 cm³/mol. The number of carbonyl (C=O) groups is 2. The number of aryl methyl sites for hydroxylation is 1. The van der Waals surface area contributed by atoms with E-state index in [2.05, 4.69) is 16.0 Å². The Morgan fingerprint density at radius 2 is 1.86 bits per heavy atom. The van der Waals surface area contributed by atoms with Crippen LogP contribution in [0.2, 0.25) is 0 Å². The number of H-pyrrole nitrogens is 1. The highest BCUT2D eigenvalue weighted by Crippen LogP contribution is 2.49. The molecule has 1 fully saturated rings. The van der Waals surface area contributed by atoms with E-state index in [-0.39, 0.29) is 11.6 Å².